The topological polar surface area (TPSA) is 61.9 Å². The highest BCUT2D eigenvalue weighted by molar-refractivity contribution is 6.16. The van der Waals surface area contributed by atoms with Crippen molar-refractivity contribution < 1.29 is 23.7 Å². The van der Waals surface area contributed by atoms with E-state index in [0.29, 0.717) is 28.7 Å². The molecule has 0 atom stereocenters. The van der Waals surface area contributed by atoms with Crippen molar-refractivity contribution in [3.05, 3.63) is 18.2 Å². The summed E-state index contributed by atoms with van der Waals surface area (Å²) in [4.78, 5) is 3.35. The maximum atomic E-state index is 5.55. The van der Waals surface area contributed by atoms with Crippen LogP contribution in [0.25, 0.3) is 21.8 Å². The standard InChI is InChI=1S/C17H19NO5/c1-19-9-6-10-14(11(7-9)20-2)15-12(21-3)8-13(22-4)17(23-5)16(15)18-10/h6-8,18H,1-5H3. The lowest BCUT2D eigenvalue weighted by molar-refractivity contribution is 0.353. The Morgan fingerprint density at radius 3 is 1.87 bits per heavy atom. The SMILES string of the molecule is COc1cc(OC)c2c(c1)[nH]c1c(OC)c(OC)cc(OC)c12. The zero-order valence-electron chi connectivity index (χ0n) is 13.8. The Labute approximate surface area is 133 Å². The molecule has 0 saturated carbocycles. The van der Waals surface area contributed by atoms with Crippen LogP contribution in [0.5, 0.6) is 28.7 Å². The van der Waals surface area contributed by atoms with Crippen molar-refractivity contribution in [1.29, 1.82) is 0 Å². The van der Waals surface area contributed by atoms with E-state index in [0.717, 1.165) is 21.8 Å². The van der Waals surface area contributed by atoms with Gasteiger partial charge in [-0.15, -0.1) is 0 Å². The molecule has 3 aromatic rings. The van der Waals surface area contributed by atoms with Gasteiger partial charge in [0.25, 0.3) is 0 Å². The van der Waals surface area contributed by atoms with Crippen LogP contribution in [0.2, 0.25) is 0 Å². The molecule has 1 aromatic heterocycles. The van der Waals surface area contributed by atoms with Crippen LogP contribution in [-0.4, -0.2) is 40.5 Å². The largest absolute Gasteiger partial charge is 0.497 e. The van der Waals surface area contributed by atoms with Crippen molar-refractivity contribution in [3.8, 4) is 28.7 Å². The molecule has 122 valence electrons. The molecule has 0 fully saturated rings. The summed E-state index contributed by atoms with van der Waals surface area (Å²) in [5, 5.41) is 1.78. The van der Waals surface area contributed by atoms with Gasteiger partial charge in [-0.25, -0.2) is 0 Å². The molecule has 0 aliphatic carbocycles. The Morgan fingerprint density at radius 1 is 0.652 bits per heavy atom. The van der Waals surface area contributed by atoms with Crippen molar-refractivity contribution in [1.82, 2.24) is 4.98 Å². The first-order chi connectivity index (χ1) is 11.2. The number of hydrogen-bond donors (Lipinski definition) is 1. The summed E-state index contributed by atoms with van der Waals surface area (Å²) in [7, 11) is 8.06. The van der Waals surface area contributed by atoms with Crippen molar-refractivity contribution in [2.45, 2.75) is 0 Å². The van der Waals surface area contributed by atoms with Gasteiger partial charge in [0.05, 0.1) is 57.4 Å². The molecular weight excluding hydrogens is 298 g/mol. The normalized spacial score (nSPS) is 10.8. The van der Waals surface area contributed by atoms with Crippen LogP contribution in [0.3, 0.4) is 0 Å². The fourth-order valence-corrected chi connectivity index (χ4v) is 2.86. The van der Waals surface area contributed by atoms with Gasteiger partial charge in [-0.1, -0.05) is 0 Å². The predicted octanol–water partition coefficient (Wildman–Crippen LogP) is 3.36. The number of hydrogen-bond acceptors (Lipinski definition) is 5. The van der Waals surface area contributed by atoms with Gasteiger partial charge in [0.2, 0.25) is 0 Å². The average Bonchev–Trinajstić information content (AvgIpc) is 2.98. The minimum absolute atomic E-state index is 0.592. The molecule has 3 rings (SSSR count). The summed E-state index contributed by atoms with van der Waals surface area (Å²) < 4.78 is 27.3. The van der Waals surface area contributed by atoms with Crippen LogP contribution < -0.4 is 23.7 Å². The number of rotatable bonds is 5. The fraction of sp³-hybridized carbons (Fsp3) is 0.294. The van der Waals surface area contributed by atoms with Crippen LogP contribution >= 0.6 is 0 Å². The quantitative estimate of drug-likeness (QED) is 0.782. The Morgan fingerprint density at radius 2 is 1.30 bits per heavy atom. The molecule has 6 nitrogen and oxygen atoms in total. The van der Waals surface area contributed by atoms with Crippen LogP contribution in [0.15, 0.2) is 18.2 Å². The van der Waals surface area contributed by atoms with Crippen LogP contribution in [0.4, 0.5) is 0 Å². The number of ether oxygens (including phenoxy) is 5. The maximum absolute atomic E-state index is 5.55. The predicted molar refractivity (Wildman–Crippen MR) is 88.6 cm³/mol. The Balaban J connectivity index is 2.52. The van der Waals surface area contributed by atoms with Gasteiger partial charge >= 0.3 is 0 Å². The van der Waals surface area contributed by atoms with Crippen molar-refractivity contribution in [2.75, 3.05) is 35.5 Å². The van der Waals surface area contributed by atoms with E-state index in [9.17, 15) is 0 Å². The van der Waals surface area contributed by atoms with E-state index in [2.05, 4.69) is 4.98 Å². The van der Waals surface area contributed by atoms with Gasteiger partial charge in [0.15, 0.2) is 11.5 Å². The number of fused-ring (bicyclic) bond motifs is 3. The number of methoxy groups -OCH3 is 5. The van der Waals surface area contributed by atoms with E-state index in [-0.39, 0.29) is 0 Å². The maximum Gasteiger partial charge on any atom is 0.185 e. The summed E-state index contributed by atoms with van der Waals surface area (Å²) >= 11 is 0. The van der Waals surface area contributed by atoms with E-state index in [1.165, 1.54) is 0 Å². The van der Waals surface area contributed by atoms with Gasteiger partial charge in [0.1, 0.15) is 17.2 Å². The second kappa shape index (κ2) is 5.79. The molecule has 2 aromatic carbocycles. The molecule has 0 bridgehead atoms. The average molecular weight is 317 g/mol. The number of aromatic amines is 1. The van der Waals surface area contributed by atoms with Crippen LogP contribution in [-0.2, 0) is 0 Å². The van der Waals surface area contributed by atoms with Crippen LogP contribution in [0.1, 0.15) is 0 Å². The van der Waals surface area contributed by atoms with Gasteiger partial charge in [-0.3, -0.25) is 0 Å². The van der Waals surface area contributed by atoms with Gasteiger partial charge in [-0.2, -0.15) is 0 Å². The molecule has 0 aliphatic rings. The number of nitrogens with one attached hydrogen (secondary N) is 1. The van der Waals surface area contributed by atoms with E-state index in [1.54, 1.807) is 41.6 Å². The van der Waals surface area contributed by atoms with E-state index in [4.69, 9.17) is 23.7 Å². The number of H-pyrrole nitrogens is 1. The molecule has 0 aliphatic heterocycles. The van der Waals surface area contributed by atoms with Crippen molar-refractivity contribution >= 4 is 21.8 Å². The molecular formula is C17H19NO5. The fourth-order valence-electron chi connectivity index (χ4n) is 2.86. The highest BCUT2D eigenvalue weighted by Crippen LogP contribution is 2.47. The minimum Gasteiger partial charge on any atom is -0.497 e. The number of aromatic nitrogens is 1. The second-order valence-corrected chi connectivity index (χ2v) is 4.94. The smallest absolute Gasteiger partial charge is 0.185 e. The van der Waals surface area contributed by atoms with Gasteiger partial charge in [0, 0.05) is 18.2 Å². The Bertz CT molecular complexity index is 869. The van der Waals surface area contributed by atoms with E-state index in [1.807, 2.05) is 12.1 Å². The molecule has 0 amide bonds. The van der Waals surface area contributed by atoms with Crippen molar-refractivity contribution in [3.63, 3.8) is 0 Å². The summed E-state index contributed by atoms with van der Waals surface area (Å²) in [6.07, 6.45) is 0. The first-order valence-electron chi connectivity index (χ1n) is 7.04. The molecule has 23 heavy (non-hydrogen) atoms. The van der Waals surface area contributed by atoms with E-state index >= 15 is 0 Å². The Kier molecular flexibility index (Phi) is 3.82. The number of benzene rings is 2. The first kappa shape index (κ1) is 15.1. The lowest BCUT2D eigenvalue weighted by Crippen LogP contribution is -1.94. The molecule has 6 heteroatoms. The Hall–Kier alpha value is -2.76. The molecule has 0 spiro atoms. The molecule has 1 N–H and O–H groups in total. The highest BCUT2D eigenvalue weighted by Gasteiger charge is 2.21. The third kappa shape index (κ3) is 2.18. The monoisotopic (exact) mass is 317 g/mol. The molecule has 0 saturated heterocycles. The minimum atomic E-state index is 0.592. The lowest BCUT2D eigenvalue weighted by Gasteiger charge is -2.12. The first-order valence-corrected chi connectivity index (χ1v) is 7.04. The molecule has 0 radical (unpaired) electrons. The summed E-state index contributed by atoms with van der Waals surface area (Å²) in [6, 6.07) is 5.55. The summed E-state index contributed by atoms with van der Waals surface area (Å²) in [5.41, 5.74) is 1.64. The second-order valence-electron chi connectivity index (χ2n) is 4.94. The highest BCUT2D eigenvalue weighted by atomic mass is 16.5. The van der Waals surface area contributed by atoms with Gasteiger partial charge < -0.3 is 28.7 Å². The molecule has 1 heterocycles. The lowest BCUT2D eigenvalue weighted by atomic mass is 10.1. The zero-order chi connectivity index (χ0) is 16.6. The zero-order valence-corrected chi connectivity index (χ0v) is 13.8. The summed E-state index contributed by atoms with van der Waals surface area (Å²) in [5.74, 6) is 3.27. The third-order valence-electron chi connectivity index (χ3n) is 3.89. The molecule has 0 unspecified atom stereocenters. The third-order valence-corrected chi connectivity index (χ3v) is 3.89. The summed E-state index contributed by atoms with van der Waals surface area (Å²) in [6.45, 7) is 0. The van der Waals surface area contributed by atoms with Crippen LogP contribution in [0, 0.1) is 0 Å². The van der Waals surface area contributed by atoms with Gasteiger partial charge in [-0.05, 0) is 0 Å². The van der Waals surface area contributed by atoms with Crippen molar-refractivity contribution in [2.24, 2.45) is 0 Å². The van der Waals surface area contributed by atoms with E-state index < -0.39 is 0 Å².